The molecule has 8 nitrogen and oxygen atoms in total. The summed E-state index contributed by atoms with van der Waals surface area (Å²) in [4.78, 5) is 17.5. The third-order valence-electron chi connectivity index (χ3n) is 9.03. The highest BCUT2D eigenvalue weighted by Crippen LogP contribution is 2.55. The summed E-state index contributed by atoms with van der Waals surface area (Å²) in [5.74, 6) is -0.175. The quantitative estimate of drug-likeness (QED) is 0.188. The van der Waals surface area contributed by atoms with Gasteiger partial charge in [0.05, 0.1) is 28.8 Å². The van der Waals surface area contributed by atoms with Crippen LogP contribution in [0.2, 0.25) is 28.2 Å². The van der Waals surface area contributed by atoms with Gasteiger partial charge in [0.2, 0.25) is 5.91 Å². The molecule has 2 fully saturated rings. The van der Waals surface area contributed by atoms with Gasteiger partial charge in [-0.25, -0.2) is 0 Å². The Labute approximate surface area is 251 Å². The van der Waals surface area contributed by atoms with E-state index in [1.54, 1.807) is 44.2 Å². The number of nitrogens with zero attached hydrogens (tertiary/aromatic N) is 2. The molecule has 1 saturated carbocycles. The number of carbonyl (C=O) groups is 1. The zero-order chi connectivity index (χ0) is 29.5. The molecule has 228 valence electrons. The van der Waals surface area contributed by atoms with E-state index in [9.17, 15) is 9.90 Å². The number of aliphatic hydroxyl groups excluding tert-OH is 1. The van der Waals surface area contributed by atoms with Crippen LogP contribution in [0.15, 0.2) is 18.2 Å². The van der Waals surface area contributed by atoms with Crippen LogP contribution in [0.3, 0.4) is 0 Å². The number of hydrogen-bond donors (Lipinski definition) is 2. The van der Waals surface area contributed by atoms with E-state index in [1.165, 1.54) is 12.8 Å². The van der Waals surface area contributed by atoms with Gasteiger partial charge >= 0.3 is 0 Å². The minimum Gasteiger partial charge on any atom is -0.412 e. The smallest absolute Gasteiger partial charge is 0.245 e. The number of ether oxygens (including phenoxy) is 2. The third kappa shape index (κ3) is 8.57. The maximum absolute atomic E-state index is 13.5. The molecule has 2 aliphatic rings. The van der Waals surface area contributed by atoms with Gasteiger partial charge in [-0.2, -0.15) is 0 Å². The lowest BCUT2D eigenvalue weighted by Crippen LogP contribution is -2.54. The Morgan fingerprint density at radius 2 is 1.77 bits per heavy atom. The Kier molecular flexibility index (Phi) is 12.6. The van der Waals surface area contributed by atoms with Gasteiger partial charge in [0, 0.05) is 39.5 Å². The van der Waals surface area contributed by atoms with Crippen molar-refractivity contribution < 1.29 is 23.8 Å². The predicted octanol–water partition coefficient (Wildman–Crippen LogP) is 5.48. The third-order valence-corrected chi connectivity index (χ3v) is 14.4. The van der Waals surface area contributed by atoms with Gasteiger partial charge in [0.25, 0.3) is 0 Å². The second kappa shape index (κ2) is 15.0. The van der Waals surface area contributed by atoms with Crippen molar-refractivity contribution in [2.75, 3.05) is 52.3 Å². The van der Waals surface area contributed by atoms with Gasteiger partial charge in [-0.3, -0.25) is 9.69 Å². The second-order valence-corrected chi connectivity index (χ2v) is 17.1. The molecular weight excluding hydrogens is 569 g/mol. The highest BCUT2D eigenvalue weighted by Gasteiger charge is 2.54. The lowest BCUT2D eigenvalue weighted by atomic mass is 9.90. The molecule has 1 heterocycles. The average molecular weight is 619 g/mol. The number of piperidine rings is 1. The molecule has 0 bridgehead atoms. The highest BCUT2D eigenvalue weighted by atomic mass is 35.5. The first-order valence-electron chi connectivity index (χ1n) is 14.7. The Morgan fingerprint density at radius 3 is 2.33 bits per heavy atom. The molecule has 3 atom stereocenters. The van der Waals surface area contributed by atoms with Gasteiger partial charge in [-0.05, 0) is 74.5 Å². The van der Waals surface area contributed by atoms with Crippen LogP contribution in [-0.2, 0) is 18.7 Å². The van der Waals surface area contributed by atoms with Crippen molar-refractivity contribution in [2.24, 2.45) is 5.41 Å². The largest absolute Gasteiger partial charge is 0.412 e. The van der Waals surface area contributed by atoms with E-state index in [0.717, 1.165) is 37.6 Å². The highest BCUT2D eigenvalue weighted by molar-refractivity contribution is 6.73. The van der Waals surface area contributed by atoms with E-state index in [0.29, 0.717) is 27.7 Å². The Balaban J connectivity index is 1.65. The minimum atomic E-state index is -1.74. The number of likely N-dealkylation sites (tertiary alicyclic amines) is 1. The summed E-state index contributed by atoms with van der Waals surface area (Å²) >= 11 is 12.2. The van der Waals surface area contributed by atoms with Crippen LogP contribution in [-0.4, -0.2) is 101 Å². The van der Waals surface area contributed by atoms with Crippen LogP contribution in [0.1, 0.15) is 47.0 Å². The summed E-state index contributed by atoms with van der Waals surface area (Å²) in [7, 11) is 1.35. The number of benzene rings is 1. The fraction of sp³-hybridized carbons (Fsp3) is 0.759. The first-order valence-corrected chi connectivity index (χ1v) is 18.0. The molecule has 1 aromatic rings. The molecule has 3 unspecified atom stereocenters. The van der Waals surface area contributed by atoms with Crippen molar-refractivity contribution >= 4 is 43.1 Å². The minimum absolute atomic E-state index is 0.167. The van der Waals surface area contributed by atoms with Crippen molar-refractivity contribution in [3.05, 3.63) is 28.2 Å². The summed E-state index contributed by atoms with van der Waals surface area (Å²) < 4.78 is 17.8. The van der Waals surface area contributed by atoms with E-state index < -0.39 is 26.8 Å². The van der Waals surface area contributed by atoms with E-state index in [1.807, 2.05) is 0 Å². The molecule has 3 rings (SSSR count). The van der Waals surface area contributed by atoms with Crippen molar-refractivity contribution in [3.8, 4) is 0 Å². The number of halogens is 2. The Bertz CT molecular complexity index is 953. The van der Waals surface area contributed by atoms with Gasteiger partial charge in [0.15, 0.2) is 14.6 Å². The number of rotatable bonds is 16. The summed E-state index contributed by atoms with van der Waals surface area (Å²) in [6.45, 7) is 11.2. The molecule has 11 heteroatoms. The molecule has 1 aliphatic carbocycles. The molecule has 1 saturated heterocycles. The Hall–Kier alpha value is -0.913. The molecule has 40 heavy (non-hydrogen) atoms. The second-order valence-electron chi connectivity index (χ2n) is 11.5. The number of methoxy groups -OCH3 is 2. The summed E-state index contributed by atoms with van der Waals surface area (Å²) in [5, 5.41) is 15.3. The lowest BCUT2D eigenvalue weighted by molar-refractivity contribution is -0.148. The number of β-amino-alcohol motifs (C(OH)–C–C–N with tert-alkyl or cyclic N) is 1. The average Bonchev–Trinajstić information content (AvgIpc) is 3.73. The van der Waals surface area contributed by atoms with Crippen LogP contribution in [0.5, 0.6) is 0 Å². The number of anilines is 1. The molecule has 1 amide bonds. The molecule has 2 N–H and O–H groups in total. The number of carbonyl (C=O) groups excluding carboxylic acids is 1. The van der Waals surface area contributed by atoms with Crippen LogP contribution in [0.4, 0.5) is 5.69 Å². The number of nitrogens with one attached hydrogen (secondary N) is 1. The van der Waals surface area contributed by atoms with Gasteiger partial charge in [-0.1, -0.05) is 44.0 Å². The molecule has 1 aromatic carbocycles. The SMILES string of the molecule is CC[Si](CC)(CC)OC1CN(CC(O)CN(CC(OC)OC)C(=O)C(C)Nc2ccc(Cl)c(Cl)c2)CCC12CC2. The van der Waals surface area contributed by atoms with Gasteiger partial charge < -0.3 is 29.2 Å². The van der Waals surface area contributed by atoms with Crippen LogP contribution >= 0.6 is 23.2 Å². The first-order chi connectivity index (χ1) is 19.0. The molecule has 0 aromatic heterocycles. The van der Waals surface area contributed by atoms with Crippen LogP contribution in [0, 0.1) is 5.41 Å². The summed E-state index contributed by atoms with van der Waals surface area (Å²) in [6.07, 6.45) is 2.50. The van der Waals surface area contributed by atoms with Crippen molar-refractivity contribution in [1.29, 1.82) is 0 Å². The van der Waals surface area contributed by atoms with Gasteiger partial charge in [-0.15, -0.1) is 0 Å². The van der Waals surface area contributed by atoms with Gasteiger partial charge in [0.1, 0.15) is 6.04 Å². The van der Waals surface area contributed by atoms with Crippen LogP contribution in [0.25, 0.3) is 0 Å². The fourth-order valence-corrected chi connectivity index (χ4v) is 9.11. The number of hydrogen-bond acceptors (Lipinski definition) is 7. The maximum atomic E-state index is 13.5. The topological polar surface area (TPSA) is 83.5 Å². The van der Waals surface area contributed by atoms with Crippen molar-refractivity contribution in [3.63, 3.8) is 0 Å². The summed E-state index contributed by atoms with van der Waals surface area (Å²) in [5.41, 5.74) is 1.02. The maximum Gasteiger partial charge on any atom is 0.245 e. The summed E-state index contributed by atoms with van der Waals surface area (Å²) in [6, 6.07) is 8.00. The van der Waals surface area contributed by atoms with E-state index in [4.69, 9.17) is 37.1 Å². The molecule has 0 radical (unpaired) electrons. The van der Waals surface area contributed by atoms with E-state index in [2.05, 4.69) is 31.0 Å². The number of amides is 1. The number of aliphatic hydroxyl groups is 1. The zero-order valence-corrected chi connectivity index (χ0v) is 27.6. The normalized spacial score (nSPS) is 20.5. The first kappa shape index (κ1) is 33.6. The zero-order valence-electron chi connectivity index (χ0n) is 25.1. The van der Waals surface area contributed by atoms with Crippen molar-refractivity contribution in [2.45, 2.75) is 89.6 Å². The standard InChI is InChI=1S/C29H49Cl2N3O5Si/c1-7-40(8-2,9-3)39-26-19-33(15-14-29(26)12-13-29)17-23(35)18-34(20-27(37-5)38-6)28(36)21(4)32-22-10-11-24(30)25(31)16-22/h10-11,16,21,23,26-27,32,35H,7-9,12-15,17-20H2,1-6H3. The fourth-order valence-electron chi connectivity index (χ4n) is 5.89. The predicted molar refractivity (Wildman–Crippen MR) is 165 cm³/mol. The van der Waals surface area contributed by atoms with E-state index >= 15 is 0 Å². The van der Waals surface area contributed by atoms with E-state index in [-0.39, 0.29) is 25.1 Å². The molecular formula is C29H49Cl2N3O5Si. The van der Waals surface area contributed by atoms with Crippen molar-refractivity contribution in [1.82, 2.24) is 9.80 Å². The molecule has 1 spiro atoms. The molecule has 1 aliphatic heterocycles. The van der Waals surface area contributed by atoms with Crippen LogP contribution < -0.4 is 5.32 Å². The Morgan fingerprint density at radius 1 is 1.12 bits per heavy atom. The monoisotopic (exact) mass is 617 g/mol. The lowest BCUT2D eigenvalue weighted by Gasteiger charge is -2.44.